The van der Waals surface area contributed by atoms with Gasteiger partial charge < -0.3 is 15.1 Å². The monoisotopic (exact) mass is 431 g/mol. The van der Waals surface area contributed by atoms with Crippen LogP contribution in [0.15, 0.2) is 54.6 Å². The van der Waals surface area contributed by atoms with Gasteiger partial charge in [-0.1, -0.05) is 24.3 Å². The molecule has 2 aromatic carbocycles. The number of piperidine rings is 1. The molecule has 2 fully saturated rings. The number of hydrogen-bond donors (Lipinski definition) is 1. The normalized spacial score (nSPS) is 20.2. The molecule has 1 atom stereocenters. The van der Waals surface area contributed by atoms with Gasteiger partial charge in [0, 0.05) is 43.5 Å². The molecule has 0 aliphatic carbocycles. The Morgan fingerprint density at radius 1 is 0.968 bits per heavy atom. The number of alkyl halides is 3. The van der Waals surface area contributed by atoms with E-state index in [1.54, 1.807) is 0 Å². The minimum absolute atomic E-state index is 0.00490. The Kier molecular flexibility index (Phi) is 5.89. The number of carbonyl (C=O) groups excluding carboxylic acids is 2. The van der Waals surface area contributed by atoms with Crippen molar-refractivity contribution in [2.45, 2.75) is 31.5 Å². The Hall–Kier alpha value is -3.03. The Morgan fingerprint density at radius 2 is 1.65 bits per heavy atom. The van der Waals surface area contributed by atoms with Gasteiger partial charge in [-0.2, -0.15) is 13.2 Å². The van der Waals surface area contributed by atoms with Crippen molar-refractivity contribution in [2.24, 2.45) is 5.92 Å². The molecule has 5 nitrogen and oxygen atoms in total. The van der Waals surface area contributed by atoms with Gasteiger partial charge in [0.25, 0.3) is 0 Å². The summed E-state index contributed by atoms with van der Waals surface area (Å²) in [5.74, 6) is -1.10. The van der Waals surface area contributed by atoms with Gasteiger partial charge in [0.05, 0.1) is 11.5 Å². The number of anilines is 2. The number of nitrogens with one attached hydrogen (secondary N) is 1. The maximum Gasteiger partial charge on any atom is 0.416 e. The van der Waals surface area contributed by atoms with Gasteiger partial charge in [-0.3, -0.25) is 9.59 Å². The van der Waals surface area contributed by atoms with E-state index in [1.165, 1.54) is 17.0 Å². The summed E-state index contributed by atoms with van der Waals surface area (Å²) in [5.41, 5.74) is 0.521. The fourth-order valence-electron chi connectivity index (χ4n) is 4.22. The van der Waals surface area contributed by atoms with Crippen molar-refractivity contribution < 1.29 is 22.8 Å². The summed E-state index contributed by atoms with van der Waals surface area (Å²) >= 11 is 0. The van der Waals surface area contributed by atoms with E-state index in [9.17, 15) is 22.8 Å². The topological polar surface area (TPSA) is 52.7 Å². The van der Waals surface area contributed by atoms with E-state index in [4.69, 9.17) is 0 Å². The first-order valence-corrected chi connectivity index (χ1v) is 10.4. The van der Waals surface area contributed by atoms with Gasteiger partial charge in [-0.05, 0) is 43.2 Å². The molecule has 0 unspecified atom stereocenters. The van der Waals surface area contributed by atoms with Crippen molar-refractivity contribution in [3.8, 4) is 0 Å². The van der Waals surface area contributed by atoms with Crippen LogP contribution in [0.25, 0.3) is 0 Å². The molecule has 0 saturated carbocycles. The van der Waals surface area contributed by atoms with Crippen LogP contribution in [-0.4, -0.2) is 37.5 Å². The highest BCUT2D eigenvalue weighted by molar-refractivity contribution is 6.00. The number of para-hydroxylation sites is 1. The zero-order chi connectivity index (χ0) is 22.0. The molecular weight excluding hydrogens is 407 g/mol. The van der Waals surface area contributed by atoms with Crippen LogP contribution >= 0.6 is 0 Å². The number of amides is 2. The predicted octanol–water partition coefficient (Wildman–Crippen LogP) is 3.84. The smallest absolute Gasteiger partial charge is 0.371 e. The zero-order valence-corrected chi connectivity index (χ0v) is 16.9. The van der Waals surface area contributed by atoms with E-state index in [0.717, 1.165) is 43.8 Å². The molecule has 1 N–H and O–H groups in total. The van der Waals surface area contributed by atoms with E-state index < -0.39 is 17.7 Å². The van der Waals surface area contributed by atoms with Crippen molar-refractivity contribution in [2.75, 3.05) is 29.4 Å². The van der Waals surface area contributed by atoms with Crippen LogP contribution in [0.3, 0.4) is 0 Å². The molecule has 2 aliphatic rings. The average molecular weight is 431 g/mol. The van der Waals surface area contributed by atoms with Crippen molar-refractivity contribution in [3.63, 3.8) is 0 Å². The van der Waals surface area contributed by atoms with Crippen LogP contribution in [0.4, 0.5) is 24.5 Å². The molecule has 0 radical (unpaired) electrons. The van der Waals surface area contributed by atoms with Crippen molar-refractivity contribution in [1.29, 1.82) is 0 Å². The molecule has 4 rings (SSSR count). The van der Waals surface area contributed by atoms with Crippen LogP contribution in [0.5, 0.6) is 0 Å². The summed E-state index contributed by atoms with van der Waals surface area (Å²) in [5, 5.41) is 3.04. The summed E-state index contributed by atoms with van der Waals surface area (Å²) in [7, 11) is 0. The fourth-order valence-corrected chi connectivity index (χ4v) is 4.22. The number of carbonyl (C=O) groups is 2. The van der Waals surface area contributed by atoms with Gasteiger partial charge in [-0.25, -0.2) is 0 Å². The van der Waals surface area contributed by atoms with Gasteiger partial charge in [0.15, 0.2) is 0 Å². The molecule has 2 heterocycles. The minimum Gasteiger partial charge on any atom is -0.371 e. The molecule has 2 aliphatic heterocycles. The number of halogens is 3. The second kappa shape index (κ2) is 8.61. The first-order valence-electron chi connectivity index (χ1n) is 10.4. The Labute approximate surface area is 178 Å². The van der Waals surface area contributed by atoms with Gasteiger partial charge in [0.2, 0.25) is 11.8 Å². The molecule has 0 bridgehead atoms. The maximum absolute atomic E-state index is 13.0. The Morgan fingerprint density at radius 3 is 2.32 bits per heavy atom. The van der Waals surface area contributed by atoms with Crippen molar-refractivity contribution in [1.82, 2.24) is 5.32 Å². The first kappa shape index (κ1) is 21.2. The third kappa shape index (κ3) is 4.84. The van der Waals surface area contributed by atoms with Crippen molar-refractivity contribution in [3.05, 3.63) is 60.2 Å². The van der Waals surface area contributed by atoms with E-state index >= 15 is 0 Å². The van der Waals surface area contributed by atoms with E-state index in [1.807, 2.05) is 18.2 Å². The molecule has 8 heteroatoms. The largest absolute Gasteiger partial charge is 0.416 e. The van der Waals surface area contributed by atoms with E-state index in [0.29, 0.717) is 0 Å². The summed E-state index contributed by atoms with van der Waals surface area (Å²) < 4.78 is 38.9. The summed E-state index contributed by atoms with van der Waals surface area (Å²) in [6, 6.07) is 14.8. The highest BCUT2D eigenvalue weighted by Crippen LogP contribution is 2.33. The van der Waals surface area contributed by atoms with Crippen molar-refractivity contribution >= 4 is 23.2 Å². The molecule has 0 aromatic heterocycles. The summed E-state index contributed by atoms with van der Waals surface area (Å²) in [4.78, 5) is 28.7. The Balaban J connectivity index is 1.33. The molecule has 2 aromatic rings. The fraction of sp³-hybridized carbons (Fsp3) is 0.391. The Bertz CT molecular complexity index is 941. The number of nitrogens with zero attached hydrogens (tertiary/aromatic N) is 2. The van der Waals surface area contributed by atoms with Crippen LogP contribution < -0.4 is 15.1 Å². The second-order valence-electron chi connectivity index (χ2n) is 8.06. The van der Waals surface area contributed by atoms with Gasteiger partial charge in [-0.15, -0.1) is 0 Å². The number of rotatable bonds is 4. The standard InChI is InChI=1S/C23H24F3N3O2/c24-23(25,26)17-5-4-8-20(14-17)29-15-16(13-21(29)30)22(31)27-18-9-11-28(12-10-18)19-6-2-1-3-7-19/h1-8,14,16,18H,9-13,15H2,(H,27,31)/t16-/m0/s1. The molecule has 0 spiro atoms. The van der Waals surface area contributed by atoms with Gasteiger partial charge >= 0.3 is 6.18 Å². The number of hydrogen-bond acceptors (Lipinski definition) is 3. The third-order valence-electron chi connectivity index (χ3n) is 5.94. The summed E-state index contributed by atoms with van der Waals surface area (Å²) in [6.45, 7) is 1.75. The molecule has 2 saturated heterocycles. The van der Waals surface area contributed by atoms with Crippen LogP contribution in [-0.2, 0) is 15.8 Å². The molecule has 164 valence electrons. The lowest BCUT2D eigenvalue weighted by molar-refractivity contribution is -0.137. The first-order chi connectivity index (χ1) is 14.8. The minimum atomic E-state index is -4.48. The maximum atomic E-state index is 13.0. The highest BCUT2D eigenvalue weighted by Gasteiger charge is 2.37. The van der Waals surface area contributed by atoms with E-state index in [-0.39, 0.29) is 36.5 Å². The SMILES string of the molecule is O=C(NC1CCN(c2ccccc2)CC1)[C@H]1CC(=O)N(c2cccc(C(F)(F)F)c2)C1. The van der Waals surface area contributed by atoms with Crippen LogP contribution in [0.2, 0.25) is 0 Å². The molecule has 2 amide bonds. The second-order valence-corrected chi connectivity index (χ2v) is 8.06. The number of benzene rings is 2. The molecular formula is C23H24F3N3O2. The predicted molar refractivity (Wildman–Crippen MR) is 112 cm³/mol. The quantitative estimate of drug-likeness (QED) is 0.800. The lowest BCUT2D eigenvalue weighted by Crippen LogP contribution is -2.46. The lowest BCUT2D eigenvalue weighted by Gasteiger charge is -2.34. The van der Waals surface area contributed by atoms with E-state index in [2.05, 4.69) is 22.3 Å². The van der Waals surface area contributed by atoms with Crippen LogP contribution in [0, 0.1) is 5.92 Å². The molecule has 31 heavy (non-hydrogen) atoms. The average Bonchev–Trinajstić information content (AvgIpc) is 3.16. The summed E-state index contributed by atoms with van der Waals surface area (Å²) in [6.07, 6.45) is -2.87. The van der Waals surface area contributed by atoms with Crippen LogP contribution in [0.1, 0.15) is 24.8 Å². The lowest BCUT2D eigenvalue weighted by atomic mass is 10.0. The van der Waals surface area contributed by atoms with Gasteiger partial charge in [0.1, 0.15) is 0 Å². The zero-order valence-electron chi connectivity index (χ0n) is 16.9. The third-order valence-corrected chi connectivity index (χ3v) is 5.94. The highest BCUT2D eigenvalue weighted by atomic mass is 19.4.